The van der Waals surface area contributed by atoms with E-state index in [2.05, 4.69) is 45.7 Å². The smallest absolute Gasteiger partial charge is 0.181 e. The molecule has 7 heteroatoms. The summed E-state index contributed by atoms with van der Waals surface area (Å²) in [6.07, 6.45) is 9.00. The average molecular weight is 429 g/mol. The van der Waals surface area contributed by atoms with Gasteiger partial charge in [-0.2, -0.15) is 5.10 Å². The third-order valence-corrected chi connectivity index (χ3v) is 6.52. The minimum atomic E-state index is -0.0319. The van der Waals surface area contributed by atoms with Crippen LogP contribution < -0.4 is 4.90 Å². The highest BCUT2D eigenvalue weighted by molar-refractivity contribution is 5.80. The molecular weight excluding hydrogens is 400 g/mol. The van der Waals surface area contributed by atoms with Crippen LogP contribution >= 0.6 is 0 Å². The van der Waals surface area contributed by atoms with Crippen molar-refractivity contribution in [2.75, 3.05) is 18.0 Å². The normalized spacial score (nSPS) is 23.3. The zero-order chi connectivity index (χ0) is 21.8. The van der Waals surface area contributed by atoms with E-state index in [0.29, 0.717) is 17.6 Å². The molecule has 0 aromatic carbocycles. The van der Waals surface area contributed by atoms with Gasteiger partial charge in [0.25, 0.3) is 0 Å². The van der Waals surface area contributed by atoms with Crippen LogP contribution in [0.5, 0.6) is 0 Å². The lowest BCUT2D eigenvalue weighted by Crippen LogP contribution is -2.43. The first-order chi connectivity index (χ1) is 15.5. The van der Waals surface area contributed by atoms with Crippen LogP contribution in [0.2, 0.25) is 0 Å². The Morgan fingerprint density at radius 1 is 1.03 bits per heavy atom. The summed E-state index contributed by atoms with van der Waals surface area (Å²) in [7, 11) is 0. The van der Waals surface area contributed by atoms with Gasteiger partial charge in [-0.15, -0.1) is 0 Å². The number of rotatable bonds is 3. The highest BCUT2D eigenvalue weighted by atomic mass is 16.5. The monoisotopic (exact) mass is 428 g/mol. The zero-order valence-electron chi connectivity index (χ0n) is 18.9. The molecule has 4 heterocycles. The van der Waals surface area contributed by atoms with Gasteiger partial charge in [-0.25, -0.2) is 15.0 Å². The first kappa shape index (κ1) is 19.7. The number of aryl methyl sites for hydroxylation is 2. The molecule has 0 N–H and O–H groups in total. The van der Waals surface area contributed by atoms with Gasteiger partial charge in [0, 0.05) is 24.2 Å². The number of morpholine rings is 1. The maximum atomic E-state index is 6.30. The Morgan fingerprint density at radius 3 is 2.62 bits per heavy atom. The first-order valence-electron chi connectivity index (χ1n) is 11.7. The highest BCUT2D eigenvalue weighted by Crippen LogP contribution is 2.36. The molecule has 7 nitrogen and oxygen atoms in total. The van der Waals surface area contributed by atoms with Crippen LogP contribution in [-0.2, 0) is 4.74 Å². The second kappa shape index (κ2) is 7.56. The van der Waals surface area contributed by atoms with Crippen LogP contribution in [0.15, 0.2) is 18.5 Å². The maximum Gasteiger partial charge on any atom is 0.181 e. The number of aromatic nitrogens is 5. The fourth-order valence-corrected chi connectivity index (χ4v) is 4.23. The molecule has 1 saturated heterocycles. The van der Waals surface area contributed by atoms with Gasteiger partial charge >= 0.3 is 0 Å². The van der Waals surface area contributed by atoms with E-state index in [0.717, 1.165) is 46.9 Å². The fourth-order valence-electron chi connectivity index (χ4n) is 4.23. The second-order valence-electron chi connectivity index (χ2n) is 9.46. The van der Waals surface area contributed by atoms with E-state index in [-0.39, 0.29) is 12.2 Å². The fraction of sp³-hybridized carbons (Fsp3) is 0.520. The van der Waals surface area contributed by atoms with Crippen molar-refractivity contribution in [3.8, 4) is 11.8 Å². The van der Waals surface area contributed by atoms with Crippen molar-refractivity contribution in [1.29, 1.82) is 0 Å². The van der Waals surface area contributed by atoms with Gasteiger partial charge in [0.1, 0.15) is 17.4 Å². The molecule has 0 spiro atoms. The number of pyridine rings is 1. The Bertz CT molecular complexity index is 1250. The van der Waals surface area contributed by atoms with Gasteiger partial charge in [-0.3, -0.25) is 4.68 Å². The Labute approximate surface area is 188 Å². The summed E-state index contributed by atoms with van der Waals surface area (Å²) < 4.78 is 8.38. The lowest BCUT2D eigenvalue weighted by atomic mass is 10.1. The van der Waals surface area contributed by atoms with Crippen LogP contribution in [-0.4, -0.2) is 43.9 Å². The van der Waals surface area contributed by atoms with E-state index in [1.807, 2.05) is 20.0 Å². The Kier molecular flexibility index (Phi) is 4.65. The molecule has 3 aliphatic rings. The maximum absolute atomic E-state index is 6.30. The van der Waals surface area contributed by atoms with Crippen molar-refractivity contribution < 1.29 is 4.74 Å². The molecule has 0 bridgehead atoms. The Morgan fingerprint density at radius 2 is 1.84 bits per heavy atom. The molecule has 6 rings (SSSR count). The first-order valence-corrected chi connectivity index (χ1v) is 11.7. The van der Waals surface area contributed by atoms with Gasteiger partial charge in [0.2, 0.25) is 0 Å². The van der Waals surface area contributed by atoms with Crippen LogP contribution in [0.4, 0.5) is 5.82 Å². The van der Waals surface area contributed by atoms with Gasteiger partial charge in [-0.1, -0.05) is 11.8 Å². The highest BCUT2D eigenvalue weighted by Gasteiger charge is 2.31. The summed E-state index contributed by atoms with van der Waals surface area (Å²) in [6.45, 7) is 7.60. The van der Waals surface area contributed by atoms with E-state index in [9.17, 15) is 0 Å². The van der Waals surface area contributed by atoms with Crippen molar-refractivity contribution in [2.24, 2.45) is 5.92 Å². The number of hydrogen-bond acceptors (Lipinski definition) is 6. The molecule has 0 amide bonds. The van der Waals surface area contributed by atoms with Gasteiger partial charge in [0.15, 0.2) is 5.65 Å². The minimum Gasteiger partial charge on any atom is -0.367 e. The van der Waals surface area contributed by atoms with Gasteiger partial charge in [-0.05, 0) is 52.5 Å². The SMILES string of the molecule is Cc1nc2nc(N3C[C@@H](C)O[C@@H](c4cnn(C5CC5)c4)C3)cc(C#CC3CC3)c2nc1C. The molecule has 3 fully saturated rings. The predicted octanol–water partition coefficient (Wildman–Crippen LogP) is 3.90. The van der Waals surface area contributed by atoms with Crippen LogP contribution in [0, 0.1) is 31.6 Å². The number of ether oxygens (including phenoxy) is 1. The molecular formula is C25H28N6O. The Balaban J connectivity index is 1.36. The van der Waals surface area contributed by atoms with E-state index < -0.39 is 0 Å². The van der Waals surface area contributed by atoms with Crippen molar-refractivity contribution in [1.82, 2.24) is 24.7 Å². The summed E-state index contributed by atoms with van der Waals surface area (Å²) in [6, 6.07) is 2.66. The third kappa shape index (κ3) is 3.84. The van der Waals surface area contributed by atoms with E-state index in [4.69, 9.17) is 19.7 Å². The number of hydrogen-bond donors (Lipinski definition) is 0. The van der Waals surface area contributed by atoms with Crippen LogP contribution in [0.3, 0.4) is 0 Å². The quantitative estimate of drug-likeness (QED) is 0.590. The van der Waals surface area contributed by atoms with Gasteiger partial charge < -0.3 is 9.64 Å². The molecule has 32 heavy (non-hydrogen) atoms. The molecule has 0 radical (unpaired) electrons. The van der Waals surface area contributed by atoms with Crippen molar-refractivity contribution >= 4 is 17.0 Å². The van der Waals surface area contributed by atoms with E-state index in [1.165, 1.54) is 25.7 Å². The standard InChI is InChI=1S/C25H28N6O/c1-15-12-30(14-22(32-15)20-11-26-31(13-20)21-8-9-21)23-10-19(7-6-18-4-5-18)24-25(29-23)28-17(3)16(2)27-24/h10-11,13,15,18,21-22H,4-5,8-9,12,14H2,1-3H3/t15-,22-/m1/s1. The summed E-state index contributed by atoms with van der Waals surface area (Å²) in [5, 5.41) is 4.56. The second-order valence-corrected chi connectivity index (χ2v) is 9.46. The van der Waals surface area contributed by atoms with Crippen LogP contribution in [0.1, 0.15) is 67.3 Å². The number of anilines is 1. The molecule has 0 unspecified atom stereocenters. The zero-order valence-corrected chi connectivity index (χ0v) is 18.9. The number of nitrogens with zero attached hydrogens (tertiary/aromatic N) is 6. The number of fused-ring (bicyclic) bond motifs is 1. The molecule has 2 saturated carbocycles. The Hall–Kier alpha value is -2.98. The van der Waals surface area contributed by atoms with Crippen molar-refractivity contribution in [3.05, 3.63) is 41.0 Å². The summed E-state index contributed by atoms with van der Waals surface area (Å²) >= 11 is 0. The molecule has 164 valence electrons. The van der Waals surface area contributed by atoms with E-state index >= 15 is 0 Å². The van der Waals surface area contributed by atoms with Crippen molar-refractivity contribution in [2.45, 2.75) is 64.7 Å². The van der Waals surface area contributed by atoms with Gasteiger partial charge in [0.05, 0.1) is 41.8 Å². The third-order valence-electron chi connectivity index (χ3n) is 6.52. The van der Waals surface area contributed by atoms with E-state index in [1.54, 1.807) is 0 Å². The molecule has 2 atom stereocenters. The lowest BCUT2D eigenvalue weighted by Gasteiger charge is -2.37. The summed E-state index contributed by atoms with van der Waals surface area (Å²) in [5.41, 5.74) is 5.36. The predicted molar refractivity (Wildman–Crippen MR) is 122 cm³/mol. The lowest BCUT2D eigenvalue weighted by molar-refractivity contribution is -0.0176. The topological polar surface area (TPSA) is 69.0 Å². The largest absolute Gasteiger partial charge is 0.367 e. The molecule has 1 aliphatic heterocycles. The molecule has 3 aromatic heterocycles. The van der Waals surface area contributed by atoms with Crippen molar-refractivity contribution in [3.63, 3.8) is 0 Å². The van der Waals surface area contributed by atoms with Crippen LogP contribution in [0.25, 0.3) is 11.2 Å². The minimum absolute atomic E-state index is 0.0319. The average Bonchev–Trinajstić information content (AvgIpc) is 3.72. The summed E-state index contributed by atoms with van der Waals surface area (Å²) in [4.78, 5) is 16.7. The molecule has 2 aliphatic carbocycles. The molecule has 3 aromatic rings. The summed E-state index contributed by atoms with van der Waals surface area (Å²) in [5.74, 6) is 8.20.